The number of piperazine rings is 1. The SMILES string of the molecule is CCOc1ccc(S(=O)(=O)N2CCN(c3cc(-n4nc(C)cc4C)nc(C)n3)CC2)c(OCC)c1. The normalized spacial score (nSPS) is 14.8. The number of rotatable bonds is 8. The first-order valence-electron chi connectivity index (χ1n) is 11.8. The maximum Gasteiger partial charge on any atom is 0.246 e. The van der Waals surface area contributed by atoms with Crippen LogP contribution in [0.25, 0.3) is 5.82 Å². The first-order valence-corrected chi connectivity index (χ1v) is 13.2. The molecule has 0 aliphatic carbocycles. The third-order valence-corrected chi connectivity index (χ3v) is 7.68. The lowest BCUT2D eigenvalue weighted by Gasteiger charge is -2.35. The van der Waals surface area contributed by atoms with Crippen LogP contribution in [-0.2, 0) is 10.0 Å². The fraction of sp³-hybridized carbons (Fsp3) is 0.458. The number of aromatic nitrogens is 4. The third kappa shape index (κ3) is 5.25. The molecule has 0 spiro atoms. The van der Waals surface area contributed by atoms with Crippen LogP contribution in [0.4, 0.5) is 5.82 Å². The van der Waals surface area contributed by atoms with Gasteiger partial charge in [0.25, 0.3) is 0 Å². The Morgan fingerprint density at radius 1 is 0.886 bits per heavy atom. The molecule has 1 fully saturated rings. The minimum Gasteiger partial charge on any atom is -0.494 e. The van der Waals surface area contributed by atoms with E-state index in [0.29, 0.717) is 62.5 Å². The van der Waals surface area contributed by atoms with E-state index in [4.69, 9.17) is 9.47 Å². The Morgan fingerprint density at radius 3 is 2.20 bits per heavy atom. The van der Waals surface area contributed by atoms with Gasteiger partial charge in [-0.25, -0.2) is 23.1 Å². The summed E-state index contributed by atoms with van der Waals surface area (Å²) in [6.07, 6.45) is 0. The Morgan fingerprint density at radius 2 is 1.57 bits per heavy atom. The molecule has 3 heterocycles. The molecule has 0 atom stereocenters. The van der Waals surface area contributed by atoms with Gasteiger partial charge in [0.2, 0.25) is 10.0 Å². The summed E-state index contributed by atoms with van der Waals surface area (Å²) < 4.78 is 41.4. The maximum absolute atomic E-state index is 13.5. The molecule has 0 unspecified atom stereocenters. The van der Waals surface area contributed by atoms with E-state index in [1.54, 1.807) is 22.9 Å². The molecule has 0 N–H and O–H groups in total. The van der Waals surface area contributed by atoms with Crippen LogP contribution in [0, 0.1) is 20.8 Å². The lowest BCUT2D eigenvalue weighted by molar-refractivity contribution is 0.314. The summed E-state index contributed by atoms with van der Waals surface area (Å²) in [7, 11) is -3.74. The van der Waals surface area contributed by atoms with Crippen molar-refractivity contribution in [1.82, 2.24) is 24.1 Å². The minimum atomic E-state index is -3.74. The summed E-state index contributed by atoms with van der Waals surface area (Å²) in [5.41, 5.74) is 1.91. The third-order valence-electron chi connectivity index (χ3n) is 5.74. The molecular formula is C24H32N6O4S. The molecule has 0 amide bonds. The molecule has 0 saturated carbocycles. The Labute approximate surface area is 206 Å². The van der Waals surface area contributed by atoms with E-state index in [2.05, 4.69) is 20.0 Å². The molecule has 4 rings (SSSR count). The fourth-order valence-corrected chi connectivity index (χ4v) is 5.73. The van der Waals surface area contributed by atoms with Gasteiger partial charge in [-0.15, -0.1) is 0 Å². The van der Waals surface area contributed by atoms with Gasteiger partial charge in [0.15, 0.2) is 5.82 Å². The molecule has 188 valence electrons. The summed E-state index contributed by atoms with van der Waals surface area (Å²) in [4.78, 5) is 11.4. The van der Waals surface area contributed by atoms with Crippen molar-refractivity contribution in [3.8, 4) is 17.3 Å². The molecule has 10 nitrogen and oxygen atoms in total. The van der Waals surface area contributed by atoms with E-state index in [9.17, 15) is 8.42 Å². The predicted molar refractivity (Wildman–Crippen MR) is 133 cm³/mol. The van der Waals surface area contributed by atoms with E-state index < -0.39 is 10.0 Å². The number of nitrogens with zero attached hydrogens (tertiary/aromatic N) is 6. The molecule has 0 radical (unpaired) electrons. The minimum absolute atomic E-state index is 0.154. The highest BCUT2D eigenvalue weighted by molar-refractivity contribution is 7.89. The smallest absolute Gasteiger partial charge is 0.246 e. The number of sulfonamides is 1. The molecule has 0 bridgehead atoms. The van der Waals surface area contributed by atoms with Crippen LogP contribution < -0.4 is 14.4 Å². The largest absolute Gasteiger partial charge is 0.494 e. The van der Waals surface area contributed by atoms with Gasteiger partial charge in [-0.2, -0.15) is 9.40 Å². The number of aryl methyl sites for hydroxylation is 3. The predicted octanol–water partition coefficient (Wildman–Crippen LogP) is 2.90. The van der Waals surface area contributed by atoms with E-state index in [0.717, 1.165) is 17.2 Å². The van der Waals surface area contributed by atoms with Crippen LogP contribution in [0.1, 0.15) is 31.1 Å². The van der Waals surface area contributed by atoms with E-state index in [1.807, 2.05) is 46.8 Å². The van der Waals surface area contributed by atoms with Gasteiger partial charge in [0.1, 0.15) is 28.0 Å². The highest BCUT2D eigenvalue weighted by Crippen LogP contribution is 2.32. The number of hydrogen-bond acceptors (Lipinski definition) is 8. The highest BCUT2D eigenvalue weighted by Gasteiger charge is 2.32. The van der Waals surface area contributed by atoms with Crippen LogP contribution in [0.15, 0.2) is 35.2 Å². The average molecular weight is 501 g/mol. The highest BCUT2D eigenvalue weighted by atomic mass is 32.2. The van der Waals surface area contributed by atoms with Gasteiger partial charge in [0.05, 0.1) is 18.9 Å². The second-order valence-corrected chi connectivity index (χ2v) is 10.2. The topological polar surface area (TPSA) is 103 Å². The van der Waals surface area contributed by atoms with Gasteiger partial charge in [-0.1, -0.05) is 0 Å². The molecule has 35 heavy (non-hydrogen) atoms. The van der Waals surface area contributed by atoms with Crippen molar-refractivity contribution in [2.75, 3.05) is 44.3 Å². The van der Waals surface area contributed by atoms with Crippen molar-refractivity contribution >= 4 is 15.8 Å². The van der Waals surface area contributed by atoms with Crippen LogP contribution in [-0.4, -0.2) is 71.9 Å². The molecule has 2 aromatic heterocycles. The number of benzene rings is 1. The summed E-state index contributed by atoms with van der Waals surface area (Å²) in [6.45, 7) is 12.0. The molecule has 1 aliphatic heterocycles. The summed E-state index contributed by atoms with van der Waals surface area (Å²) >= 11 is 0. The van der Waals surface area contributed by atoms with E-state index in [1.165, 1.54) is 4.31 Å². The second-order valence-electron chi connectivity index (χ2n) is 8.34. The number of hydrogen-bond donors (Lipinski definition) is 0. The summed E-state index contributed by atoms with van der Waals surface area (Å²) in [5.74, 6) is 2.98. The Balaban J connectivity index is 1.54. The Bertz CT molecular complexity index is 1300. The van der Waals surface area contributed by atoms with Crippen molar-refractivity contribution in [2.24, 2.45) is 0 Å². The first kappa shape index (κ1) is 24.9. The number of anilines is 1. The van der Waals surface area contributed by atoms with E-state index >= 15 is 0 Å². The number of ether oxygens (including phenoxy) is 2. The monoisotopic (exact) mass is 500 g/mol. The van der Waals surface area contributed by atoms with Crippen molar-refractivity contribution in [1.29, 1.82) is 0 Å². The first-order chi connectivity index (χ1) is 16.7. The Kier molecular flexibility index (Phi) is 7.27. The van der Waals surface area contributed by atoms with Gasteiger partial charge in [-0.3, -0.25) is 0 Å². The van der Waals surface area contributed by atoms with Gasteiger partial charge < -0.3 is 14.4 Å². The molecule has 1 aromatic carbocycles. The molecule has 1 aliphatic rings. The Hall–Kier alpha value is -3.18. The lowest BCUT2D eigenvalue weighted by Crippen LogP contribution is -2.49. The van der Waals surface area contributed by atoms with Crippen molar-refractivity contribution < 1.29 is 17.9 Å². The van der Waals surface area contributed by atoms with Crippen molar-refractivity contribution in [3.63, 3.8) is 0 Å². The molecule has 11 heteroatoms. The zero-order valence-corrected chi connectivity index (χ0v) is 21.7. The standard InChI is InChI=1S/C24H32N6O4S/c1-6-33-20-8-9-22(21(15-20)34-7-2)35(31,32)29-12-10-28(11-13-29)23-16-24(26-19(5)25-23)30-18(4)14-17(3)27-30/h8-9,14-16H,6-7,10-13H2,1-5H3. The maximum atomic E-state index is 13.5. The van der Waals surface area contributed by atoms with E-state index in [-0.39, 0.29) is 4.90 Å². The zero-order chi connectivity index (χ0) is 25.2. The second kappa shape index (κ2) is 10.2. The van der Waals surface area contributed by atoms with Gasteiger partial charge >= 0.3 is 0 Å². The van der Waals surface area contributed by atoms with Crippen LogP contribution in [0.3, 0.4) is 0 Å². The lowest BCUT2D eigenvalue weighted by atomic mass is 10.3. The summed E-state index contributed by atoms with van der Waals surface area (Å²) in [5, 5.41) is 4.53. The fourth-order valence-electron chi connectivity index (χ4n) is 4.19. The average Bonchev–Trinajstić information content (AvgIpc) is 3.17. The van der Waals surface area contributed by atoms with Crippen LogP contribution >= 0.6 is 0 Å². The van der Waals surface area contributed by atoms with Crippen LogP contribution in [0.2, 0.25) is 0 Å². The van der Waals surface area contributed by atoms with Crippen molar-refractivity contribution in [2.45, 2.75) is 39.5 Å². The molecule has 3 aromatic rings. The summed E-state index contributed by atoms with van der Waals surface area (Å²) in [6, 6.07) is 8.76. The van der Waals surface area contributed by atoms with Crippen molar-refractivity contribution in [3.05, 3.63) is 47.5 Å². The molecule has 1 saturated heterocycles. The van der Waals surface area contributed by atoms with Gasteiger partial charge in [0, 0.05) is 44.0 Å². The van der Waals surface area contributed by atoms with Gasteiger partial charge in [-0.05, 0) is 52.8 Å². The quantitative estimate of drug-likeness (QED) is 0.465. The zero-order valence-electron chi connectivity index (χ0n) is 20.9. The molecular weight excluding hydrogens is 468 g/mol. The van der Waals surface area contributed by atoms with Crippen LogP contribution in [0.5, 0.6) is 11.5 Å².